The van der Waals surface area contributed by atoms with Crippen LogP contribution in [0.4, 0.5) is 26.3 Å². The number of hydrogen-bond donors (Lipinski definition) is 0. The molecule has 0 amide bonds. The second kappa shape index (κ2) is 5.32. The van der Waals surface area contributed by atoms with E-state index >= 15 is 0 Å². The molecule has 0 saturated carbocycles. The monoisotopic (exact) mass is 349 g/mol. The van der Waals surface area contributed by atoms with Gasteiger partial charge in [0.1, 0.15) is 5.75 Å². The molecule has 0 N–H and O–H groups in total. The van der Waals surface area contributed by atoms with Gasteiger partial charge in [0.2, 0.25) is 0 Å². The molecular weight excluding hydrogens is 344 g/mol. The molecule has 2 heterocycles. The number of alkyl halides is 6. The van der Waals surface area contributed by atoms with Crippen LogP contribution in [0.15, 0.2) is 30.5 Å². The Morgan fingerprint density at radius 2 is 1.58 bits per heavy atom. The van der Waals surface area contributed by atoms with Gasteiger partial charge in [-0.1, -0.05) is 0 Å². The van der Waals surface area contributed by atoms with Gasteiger partial charge in [-0.3, -0.25) is 0 Å². The zero-order chi connectivity index (χ0) is 17.5. The van der Waals surface area contributed by atoms with E-state index in [4.69, 9.17) is 0 Å². The Bertz CT molecular complexity index is 870. The van der Waals surface area contributed by atoms with E-state index in [9.17, 15) is 26.3 Å². The van der Waals surface area contributed by atoms with E-state index in [1.807, 2.05) is 0 Å². The number of benzene rings is 1. The average Bonchev–Trinajstić information content (AvgIpc) is 2.89. The highest BCUT2D eigenvalue weighted by atomic mass is 19.4. The summed E-state index contributed by atoms with van der Waals surface area (Å²) in [7, 11) is 0. The summed E-state index contributed by atoms with van der Waals surface area (Å²) in [4.78, 5) is 3.81. The lowest BCUT2D eigenvalue weighted by molar-refractivity contribution is -0.274. The van der Waals surface area contributed by atoms with Crippen LogP contribution >= 0.6 is 0 Å². The number of ether oxygens (including phenoxy) is 1. The minimum absolute atomic E-state index is 0.147. The Balaban J connectivity index is 1.97. The summed E-state index contributed by atoms with van der Waals surface area (Å²) in [6.45, 7) is 0. The number of rotatable bonds is 2. The second-order valence-corrected chi connectivity index (χ2v) is 4.45. The van der Waals surface area contributed by atoms with E-state index in [1.54, 1.807) is 0 Å². The predicted octanol–water partition coefficient (Wildman–Crippen LogP) is 3.10. The van der Waals surface area contributed by atoms with Crippen LogP contribution in [0.1, 0.15) is 5.82 Å². The first kappa shape index (κ1) is 16.0. The van der Waals surface area contributed by atoms with Crippen molar-refractivity contribution >= 4 is 5.65 Å². The highest BCUT2D eigenvalue weighted by molar-refractivity contribution is 5.56. The molecule has 0 unspecified atom stereocenters. The van der Waals surface area contributed by atoms with Crippen LogP contribution in [0.2, 0.25) is 0 Å². The van der Waals surface area contributed by atoms with Crippen LogP contribution in [-0.2, 0) is 6.18 Å². The fraction of sp³-hybridized carbons (Fsp3) is 0.167. The number of aromatic nitrogens is 5. The molecule has 2 aromatic heterocycles. The highest BCUT2D eigenvalue weighted by Crippen LogP contribution is 2.28. The van der Waals surface area contributed by atoms with Crippen molar-refractivity contribution in [3.63, 3.8) is 0 Å². The van der Waals surface area contributed by atoms with Crippen LogP contribution in [0.3, 0.4) is 0 Å². The quantitative estimate of drug-likeness (QED) is 0.665. The topological polar surface area (TPSA) is 65.2 Å². The van der Waals surface area contributed by atoms with Gasteiger partial charge in [-0.15, -0.1) is 28.5 Å². The van der Waals surface area contributed by atoms with Gasteiger partial charge in [-0.05, 0) is 24.3 Å². The van der Waals surface area contributed by atoms with E-state index in [1.165, 1.54) is 12.1 Å². The highest BCUT2D eigenvalue weighted by Gasteiger charge is 2.37. The average molecular weight is 349 g/mol. The predicted molar refractivity (Wildman–Crippen MR) is 65.7 cm³/mol. The SMILES string of the molecule is FC(F)(F)Oc1ccc(-c2ncc3nnc(C(F)(F)F)n3n2)cc1. The van der Waals surface area contributed by atoms with E-state index in [-0.39, 0.29) is 17.0 Å². The van der Waals surface area contributed by atoms with Gasteiger partial charge in [-0.25, -0.2) is 4.98 Å². The minimum Gasteiger partial charge on any atom is -0.406 e. The third-order valence-electron chi connectivity index (χ3n) is 2.76. The molecule has 0 fully saturated rings. The summed E-state index contributed by atoms with van der Waals surface area (Å²) in [5, 5.41) is 9.97. The molecule has 12 heteroatoms. The van der Waals surface area contributed by atoms with Gasteiger partial charge in [-0.2, -0.15) is 17.7 Å². The molecule has 6 nitrogen and oxygen atoms in total. The van der Waals surface area contributed by atoms with Gasteiger partial charge in [0.15, 0.2) is 11.5 Å². The smallest absolute Gasteiger partial charge is 0.406 e. The molecule has 0 aliphatic carbocycles. The minimum atomic E-state index is -4.85. The molecule has 3 rings (SSSR count). The Morgan fingerprint density at radius 1 is 0.917 bits per heavy atom. The van der Waals surface area contributed by atoms with Gasteiger partial charge in [0.25, 0.3) is 5.82 Å². The zero-order valence-electron chi connectivity index (χ0n) is 11.3. The van der Waals surface area contributed by atoms with Crippen molar-refractivity contribution in [2.24, 2.45) is 0 Å². The third kappa shape index (κ3) is 3.21. The Labute approximate surface area is 128 Å². The Hall–Kier alpha value is -2.92. The van der Waals surface area contributed by atoms with Crippen molar-refractivity contribution in [1.82, 2.24) is 24.8 Å². The van der Waals surface area contributed by atoms with E-state index in [0.717, 1.165) is 18.3 Å². The molecule has 0 spiro atoms. The lowest BCUT2D eigenvalue weighted by atomic mass is 10.2. The van der Waals surface area contributed by atoms with Crippen LogP contribution in [0.5, 0.6) is 5.75 Å². The summed E-state index contributed by atoms with van der Waals surface area (Å²) >= 11 is 0. The number of hydrogen-bond acceptors (Lipinski definition) is 5. The Kier molecular flexibility index (Phi) is 3.53. The van der Waals surface area contributed by atoms with Gasteiger partial charge >= 0.3 is 12.5 Å². The van der Waals surface area contributed by atoms with Crippen molar-refractivity contribution < 1.29 is 31.1 Å². The molecule has 1 aromatic carbocycles. The van der Waals surface area contributed by atoms with Crippen LogP contribution < -0.4 is 4.74 Å². The standard InChI is InChI=1S/C12H5F6N5O/c13-11(14,15)10-21-20-8-5-19-9(22-23(8)10)6-1-3-7(4-2-6)24-12(16,17)18/h1-5H. The summed E-state index contributed by atoms with van der Waals surface area (Å²) in [6.07, 6.45) is -8.60. The lowest BCUT2D eigenvalue weighted by Gasteiger charge is -2.09. The van der Waals surface area contributed by atoms with Crippen LogP contribution in [-0.4, -0.2) is 31.2 Å². The first-order valence-electron chi connectivity index (χ1n) is 6.15. The maximum Gasteiger partial charge on any atom is 0.573 e. The summed E-state index contributed by atoms with van der Waals surface area (Å²) in [5.41, 5.74) is -0.0312. The fourth-order valence-corrected chi connectivity index (χ4v) is 1.83. The van der Waals surface area contributed by atoms with Crippen molar-refractivity contribution in [2.45, 2.75) is 12.5 Å². The summed E-state index contributed by atoms with van der Waals surface area (Å²) in [5.74, 6) is -1.96. The summed E-state index contributed by atoms with van der Waals surface area (Å²) in [6, 6.07) is 4.35. The molecule has 24 heavy (non-hydrogen) atoms. The van der Waals surface area contributed by atoms with E-state index in [0.29, 0.717) is 4.52 Å². The molecule has 0 bridgehead atoms. The number of halogens is 6. The molecule has 0 aliphatic rings. The first-order chi connectivity index (χ1) is 11.1. The largest absolute Gasteiger partial charge is 0.573 e. The Morgan fingerprint density at radius 3 is 2.17 bits per heavy atom. The fourth-order valence-electron chi connectivity index (χ4n) is 1.83. The maximum atomic E-state index is 12.8. The normalized spacial score (nSPS) is 12.6. The third-order valence-corrected chi connectivity index (χ3v) is 2.76. The van der Waals surface area contributed by atoms with Gasteiger partial charge in [0, 0.05) is 5.56 Å². The zero-order valence-corrected chi connectivity index (χ0v) is 11.3. The van der Waals surface area contributed by atoms with Crippen LogP contribution in [0.25, 0.3) is 17.0 Å². The van der Waals surface area contributed by atoms with Gasteiger partial charge < -0.3 is 4.74 Å². The molecule has 0 aliphatic heterocycles. The number of nitrogens with zero attached hydrogens (tertiary/aromatic N) is 5. The molecular formula is C12H5F6N5O. The van der Waals surface area contributed by atoms with E-state index < -0.39 is 24.1 Å². The second-order valence-electron chi connectivity index (χ2n) is 4.45. The molecule has 0 radical (unpaired) electrons. The van der Waals surface area contributed by atoms with Gasteiger partial charge in [0.05, 0.1) is 6.20 Å². The van der Waals surface area contributed by atoms with Crippen molar-refractivity contribution in [3.05, 3.63) is 36.3 Å². The molecule has 0 saturated heterocycles. The molecule has 3 aromatic rings. The number of fused-ring (bicyclic) bond motifs is 1. The van der Waals surface area contributed by atoms with E-state index in [2.05, 4.69) is 25.0 Å². The van der Waals surface area contributed by atoms with Crippen molar-refractivity contribution in [2.75, 3.05) is 0 Å². The molecule has 0 atom stereocenters. The van der Waals surface area contributed by atoms with Crippen molar-refractivity contribution in [3.8, 4) is 17.1 Å². The maximum absolute atomic E-state index is 12.8. The lowest BCUT2D eigenvalue weighted by Crippen LogP contribution is -2.17. The van der Waals surface area contributed by atoms with Crippen molar-refractivity contribution in [1.29, 1.82) is 0 Å². The summed E-state index contributed by atoms with van der Waals surface area (Å²) < 4.78 is 78.8. The van der Waals surface area contributed by atoms with Crippen LogP contribution in [0, 0.1) is 0 Å². The molecule has 126 valence electrons. The first-order valence-corrected chi connectivity index (χ1v) is 6.15.